The summed E-state index contributed by atoms with van der Waals surface area (Å²) in [6.45, 7) is 2.12. The lowest BCUT2D eigenvalue weighted by Crippen LogP contribution is -2.30. The molecule has 0 saturated carbocycles. The molecule has 0 aromatic heterocycles. The van der Waals surface area contributed by atoms with Gasteiger partial charge in [-0.05, 0) is 30.5 Å². The molecule has 1 unspecified atom stereocenters. The van der Waals surface area contributed by atoms with Crippen molar-refractivity contribution < 1.29 is 4.74 Å². The van der Waals surface area contributed by atoms with E-state index in [0.717, 1.165) is 17.7 Å². The Hall–Kier alpha value is -1.84. The molecule has 0 fully saturated rings. The standard InChI is InChI=1S/C16H20N2O/c1-12-7-3-4-8-13(12)11-15(18-17)14-9-5-6-10-16(14)19-2/h3-10,15,18H,11,17H2,1-2H3. The second-order valence-electron chi connectivity index (χ2n) is 4.59. The minimum atomic E-state index is 0.0391. The van der Waals surface area contributed by atoms with Crippen LogP contribution in [0.1, 0.15) is 22.7 Å². The van der Waals surface area contributed by atoms with E-state index < -0.39 is 0 Å². The second kappa shape index (κ2) is 6.36. The molecule has 2 rings (SSSR count). The SMILES string of the molecule is COc1ccccc1C(Cc1ccccc1C)NN. The summed E-state index contributed by atoms with van der Waals surface area (Å²) in [7, 11) is 1.68. The van der Waals surface area contributed by atoms with Gasteiger partial charge in [0.2, 0.25) is 0 Å². The van der Waals surface area contributed by atoms with Crippen LogP contribution in [-0.4, -0.2) is 7.11 Å². The molecule has 0 spiro atoms. The Morgan fingerprint density at radius 1 is 1.11 bits per heavy atom. The van der Waals surface area contributed by atoms with Gasteiger partial charge in [0.05, 0.1) is 13.2 Å². The highest BCUT2D eigenvalue weighted by molar-refractivity contribution is 5.37. The van der Waals surface area contributed by atoms with E-state index in [-0.39, 0.29) is 6.04 Å². The van der Waals surface area contributed by atoms with Crippen LogP contribution in [0.5, 0.6) is 5.75 Å². The first kappa shape index (κ1) is 13.6. The minimum Gasteiger partial charge on any atom is -0.496 e. The fourth-order valence-corrected chi connectivity index (χ4v) is 2.27. The quantitative estimate of drug-likeness (QED) is 0.639. The van der Waals surface area contributed by atoms with Crippen LogP contribution in [0.15, 0.2) is 48.5 Å². The minimum absolute atomic E-state index is 0.0391. The number of aryl methyl sites for hydroxylation is 1. The number of benzene rings is 2. The van der Waals surface area contributed by atoms with Crippen LogP contribution >= 0.6 is 0 Å². The first-order chi connectivity index (χ1) is 9.26. The normalized spacial score (nSPS) is 12.2. The molecule has 0 bridgehead atoms. The summed E-state index contributed by atoms with van der Waals surface area (Å²) in [6, 6.07) is 16.4. The summed E-state index contributed by atoms with van der Waals surface area (Å²) in [4.78, 5) is 0. The van der Waals surface area contributed by atoms with Crippen LogP contribution in [0.25, 0.3) is 0 Å². The molecule has 0 heterocycles. The zero-order chi connectivity index (χ0) is 13.7. The van der Waals surface area contributed by atoms with Crippen molar-refractivity contribution >= 4 is 0 Å². The summed E-state index contributed by atoms with van der Waals surface area (Å²) >= 11 is 0. The molecule has 3 N–H and O–H groups in total. The van der Waals surface area contributed by atoms with Crippen molar-refractivity contribution in [2.24, 2.45) is 5.84 Å². The number of rotatable bonds is 5. The van der Waals surface area contributed by atoms with Gasteiger partial charge < -0.3 is 4.74 Å². The Morgan fingerprint density at radius 2 is 1.79 bits per heavy atom. The lowest BCUT2D eigenvalue weighted by Gasteiger charge is -2.20. The maximum atomic E-state index is 5.72. The molecular weight excluding hydrogens is 236 g/mol. The highest BCUT2D eigenvalue weighted by Crippen LogP contribution is 2.27. The first-order valence-electron chi connectivity index (χ1n) is 6.39. The molecule has 2 aromatic carbocycles. The molecule has 3 nitrogen and oxygen atoms in total. The molecule has 0 aliphatic heterocycles. The summed E-state index contributed by atoms with van der Waals surface area (Å²) in [5.41, 5.74) is 6.53. The largest absolute Gasteiger partial charge is 0.496 e. The van der Waals surface area contributed by atoms with E-state index in [1.165, 1.54) is 11.1 Å². The summed E-state index contributed by atoms with van der Waals surface area (Å²) in [5, 5.41) is 0. The van der Waals surface area contributed by atoms with Gasteiger partial charge in [0.1, 0.15) is 5.75 Å². The number of para-hydroxylation sites is 1. The van der Waals surface area contributed by atoms with Gasteiger partial charge in [-0.1, -0.05) is 42.5 Å². The van der Waals surface area contributed by atoms with Crippen molar-refractivity contribution in [2.45, 2.75) is 19.4 Å². The monoisotopic (exact) mass is 256 g/mol. The third-order valence-corrected chi connectivity index (χ3v) is 3.40. The van der Waals surface area contributed by atoms with Crippen LogP contribution in [0.2, 0.25) is 0 Å². The lowest BCUT2D eigenvalue weighted by atomic mass is 9.96. The van der Waals surface area contributed by atoms with Crippen LogP contribution < -0.4 is 16.0 Å². The van der Waals surface area contributed by atoms with Gasteiger partial charge in [0.25, 0.3) is 0 Å². The van der Waals surface area contributed by atoms with Gasteiger partial charge in [0, 0.05) is 5.56 Å². The highest BCUT2D eigenvalue weighted by Gasteiger charge is 2.15. The Labute approximate surface area is 114 Å². The molecule has 3 heteroatoms. The number of hydrogen-bond acceptors (Lipinski definition) is 3. The van der Waals surface area contributed by atoms with E-state index in [4.69, 9.17) is 10.6 Å². The zero-order valence-electron chi connectivity index (χ0n) is 11.4. The van der Waals surface area contributed by atoms with Gasteiger partial charge >= 0.3 is 0 Å². The molecule has 0 saturated heterocycles. The molecule has 2 aromatic rings. The Kier molecular flexibility index (Phi) is 4.55. The van der Waals surface area contributed by atoms with Gasteiger partial charge in [-0.3, -0.25) is 11.3 Å². The van der Waals surface area contributed by atoms with Crippen molar-refractivity contribution in [3.63, 3.8) is 0 Å². The Bertz CT molecular complexity index is 540. The second-order valence-corrected chi connectivity index (χ2v) is 4.59. The lowest BCUT2D eigenvalue weighted by molar-refractivity contribution is 0.399. The van der Waals surface area contributed by atoms with Crippen molar-refractivity contribution in [3.05, 3.63) is 65.2 Å². The van der Waals surface area contributed by atoms with Crippen molar-refractivity contribution in [1.29, 1.82) is 0 Å². The van der Waals surface area contributed by atoms with Gasteiger partial charge in [-0.2, -0.15) is 0 Å². The molecule has 100 valence electrons. The van der Waals surface area contributed by atoms with Gasteiger partial charge in [-0.15, -0.1) is 0 Å². The van der Waals surface area contributed by atoms with E-state index in [0.29, 0.717) is 0 Å². The smallest absolute Gasteiger partial charge is 0.123 e. The van der Waals surface area contributed by atoms with Gasteiger partial charge in [0.15, 0.2) is 0 Å². The van der Waals surface area contributed by atoms with Crippen LogP contribution in [-0.2, 0) is 6.42 Å². The average molecular weight is 256 g/mol. The Morgan fingerprint density at radius 3 is 2.47 bits per heavy atom. The summed E-state index contributed by atoms with van der Waals surface area (Å²) < 4.78 is 5.40. The van der Waals surface area contributed by atoms with Crippen molar-refractivity contribution in [2.75, 3.05) is 7.11 Å². The number of nitrogens with one attached hydrogen (secondary N) is 1. The summed E-state index contributed by atoms with van der Waals surface area (Å²) in [6.07, 6.45) is 0.837. The van der Waals surface area contributed by atoms with E-state index >= 15 is 0 Å². The molecule has 0 amide bonds. The maximum Gasteiger partial charge on any atom is 0.123 e. The van der Waals surface area contributed by atoms with Crippen LogP contribution in [0.4, 0.5) is 0 Å². The highest BCUT2D eigenvalue weighted by atomic mass is 16.5. The zero-order valence-corrected chi connectivity index (χ0v) is 11.4. The number of hydrogen-bond donors (Lipinski definition) is 2. The topological polar surface area (TPSA) is 47.3 Å². The van der Waals surface area contributed by atoms with Crippen LogP contribution in [0.3, 0.4) is 0 Å². The van der Waals surface area contributed by atoms with E-state index in [1.54, 1.807) is 7.11 Å². The fraction of sp³-hybridized carbons (Fsp3) is 0.250. The van der Waals surface area contributed by atoms with Crippen molar-refractivity contribution in [3.8, 4) is 5.75 Å². The van der Waals surface area contributed by atoms with Crippen molar-refractivity contribution in [1.82, 2.24) is 5.43 Å². The Balaban J connectivity index is 2.28. The van der Waals surface area contributed by atoms with E-state index in [1.807, 2.05) is 30.3 Å². The average Bonchev–Trinajstić information content (AvgIpc) is 2.46. The maximum absolute atomic E-state index is 5.72. The predicted molar refractivity (Wildman–Crippen MR) is 77.9 cm³/mol. The molecule has 19 heavy (non-hydrogen) atoms. The van der Waals surface area contributed by atoms with Crippen LogP contribution in [0, 0.1) is 6.92 Å². The number of ether oxygens (including phenoxy) is 1. The number of methoxy groups -OCH3 is 1. The fourth-order valence-electron chi connectivity index (χ4n) is 2.27. The molecule has 0 aliphatic rings. The number of nitrogens with two attached hydrogens (primary N) is 1. The third-order valence-electron chi connectivity index (χ3n) is 3.40. The summed E-state index contributed by atoms with van der Waals surface area (Å²) in [5.74, 6) is 6.58. The predicted octanol–water partition coefficient (Wildman–Crippen LogP) is 2.75. The first-order valence-corrected chi connectivity index (χ1v) is 6.39. The van der Waals surface area contributed by atoms with E-state index in [2.05, 4.69) is 30.5 Å². The van der Waals surface area contributed by atoms with Gasteiger partial charge in [-0.25, -0.2) is 0 Å². The van der Waals surface area contributed by atoms with E-state index in [9.17, 15) is 0 Å². The number of hydrazine groups is 1. The molecule has 1 atom stereocenters. The molecule has 0 radical (unpaired) electrons. The third kappa shape index (κ3) is 3.13. The molecule has 0 aliphatic carbocycles. The molecular formula is C16H20N2O.